The summed E-state index contributed by atoms with van der Waals surface area (Å²) in [4.78, 5) is 41.5. The zero-order valence-corrected chi connectivity index (χ0v) is 22.3. The van der Waals surface area contributed by atoms with E-state index in [0.717, 1.165) is 20.6 Å². The van der Waals surface area contributed by atoms with Gasteiger partial charge in [-0.3, -0.25) is 14.2 Å². The summed E-state index contributed by atoms with van der Waals surface area (Å²) in [5, 5.41) is 3.30. The second-order valence-corrected chi connectivity index (χ2v) is 10.0. The number of fused-ring (bicyclic) bond motifs is 2. The zero-order valence-electron chi connectivity index (χ0n) is 21.5. The average molecular weight is 538 g/mol. The van der Waals surface area contributed by atoms with E-state index in [1.807, 2.05) is 32.0 Å². The molecule has 4 aromatic rings. The largest absolute Gasteiger partial charge is 0.493 e. The number of thiophene rings is 1. The molecule has 38 heavy (non-hydrogen) atoms. The fraction of sp³-hybridized carbons (Fsp3) is 0.296. The van der Waals surface area contributed by atoms with E-state index in [2.05, 4.69) is 5.32 Å². The third-order valence-corrected chi connectivity index (χ3v) is 7.78. The third kappa shape index (κ3) is 4.49. The number of ether oxygens (including phenoxy) is 4. The molecule has 1 aliphatic heterocycles. The number of aromatic nitrogens is 2. The van der Waals surface area contributed by atoms with Crippen molar-refractivity contribution in [2.45, 2.75) is 26.8 Å². The van der Waals surface area contributed by atoms with Gasteiger partial charge < -0.3 is 24.3 Å². The van der Waals surface area contributed by atoms with Crippen LogP contribution in [0.4, 0.5) is 0 Å². The van der Waals surface area contributed by atoms with E-state index in [1.54, 1.807) is 32.4 Å². The Labute approximate surface area is 221 Å². The number of nitrogens with one attached hydrogen (secondary N) is 1. The van der Waals surface area contributed by atoms with E-state index < -0.39 is 11.2 Å². The van der Waals surface area contributed by atoms with Crippen LogP contribution in [0.1, 0.15) is 16.0 Å². The molecular weight excluding hydrogens is 510 g/mol. The molecule has 10 nitrogen and oxygen atoms in total. The highest BCUT2D eigenvalue weighted by molar-refractivity contribution is 7.18. The molecule has 2 aromatic carbocycles. The van der Waals surface area contributed by atoms with Gasteiger partial charge in [-0.25, -0.2) is 9.36 Å². The van der Waals surface area contributed by atoms with E-state index in [0.29, 0.717) is 51.9 Å². The molecule has 5 rings (SSSR count). The van der Waals surface area contributed by atoms with Crippen LogP contribution in [0.15, 0.2) is 46.0 Å². The normalized spacial score (nSPS) is 12.1. The Bertz CT molecular complexity index is 1670. The van der Waals surface area contributed by atoms with Gasteiger partial charge in [-0.15, -0.1) is 11.3 Å². The Morgan fingerprint density at radius 1 is 1.03 bits per heavy atom. The average Bonchev–Trinajstić information content (AvgIpc) is 3.50. The molecule has 0 unspecified atom stereocenters. The quantitative estimate of drug-likeness (QED) is 0.368. The van der Waals surface area contributed by atoms with Crippen LogP contribution in [0.3, 0.4) is 0 Å². The van der Waals surface area contributed by atoms with Gasteiger partial charge in [0.2, 0.25) is 12.7 Å². The van der Waals surface area contributed by atoms with Crippen molar-refractivity contribution in [3.63, 3.8) is 0 Å². The summed E-state index contributed by atoms with van der Waals surface area (Å²) in [5.74, 6) is 1.89. The fourth-order valence-electron chi connectivity index (χ4n) is 4.43. The highest BCUT2D eigenvalue weighted by Crippen LogP contribution is 2.34. The smallest absolute Gasteiger partial charge is 0.337 e. The van der Waals surface area contributed by atoms with Crippen molar-refractivity contribution in [3.8, 4) is 28.7 Å². The highest BCUT2D eigenvalue weighted by atomic mass is 32.1. The Kier molecular flexibility index (Phi) is 6.85. The van der Waals surface area contributed by atoms with Gasteiger partial charge in [0.25, 0.3) is 5.56 Å². The molecule has 0 saturated carbocycles. The minimum absolute atomic E-state index is 0.0727. The van der Waals surface area contributed by atoms with E-state index >= 15 is 0 Å². The standard InChI is InChI=1S/C27H27N3O7S/c1-15-16(2)38-26-24(15)25(32)30(18-6-8-20-22(12-18)37-14-36-20)27(33)29(26)13-23(31)28-10-9-17-5-7-19(34-3)21(11-17)35-4/h5-8,11-12H,9-10,13-14H2,1-4H3,(H,28,31). The molecule has 0 fully saturated rings. The Hall–Kier alpha value is -4.25. The highest BCUT2D eigenvalue weighted by Gasteiger charge is 2.22. The molecular formula is C27H27N3O7S. The number of carbonyl (C=O) groups excluding carboxylic acids is 1. The number of hydrogen-bond donors (Lipinski definition) is 1. The van der Waals surface area contributed by atoms with Gasteiger partial charge in [-0.2, -0.15) is 0 Å². The number of methoxy groups -OCH3 is 2. The number of aryl methyl sites for hydroxylation is 2. The van der Waals surface area contributed by atoms with Crippen molar-refractivity contribution >= 4 is 27.5 Å². The summed E-state index contributed by atoms with van der Waals surface area (Å²) in [6, 6.07) is 10.5. The maximum Gasteiger partial charge on any atom is 0.337 e. The van der Waals surface area contributed by atoms with Crippen LogP contribution in [0.2, 0.25) is 0 Å². The SMILES string of the molecule is COc1ccc(CCNC(=O)Cn2c(=O)n(-c3ccc4c(c3)OCO4)c(=O)c3c(C)c(C)sc32)cc1OC. The molecule has 2 aromatic heterocycles. The van der Waals surface area contributed by atoms with Gasteiger partial charge in [0, 0.05) is 17.5 Å². The maximum atomic E-state index is 13.6. The van der Waals surface area contributed by atoms with Crippen LogP contribution in [0.25, 0.3) is 15.9 Å². The van der Waals surface area contributed by atoms with Crippen LogP contribution in [-0.2, 0) is 17.8 Å². The van der Waals surface area contributed by atoms with Crippen LogP contribution >= 0.6 is 11.3 Å². The monoisotopic (exact) mass is 537 g/mol. The molecule has 1 aliphatic rings. The van der Waals surface area contributed by atoms with Gasteiger partial charge in [0.15, 0.2) is 23.0 Å². The fourth-order valence-corrected chi connectivity index (χ4v) is 5.57. The molecule has 0 saturated heterocycles. The van der Waals surface area contributed by atoms with Gasteiger partial charge in [-0.05, 0) is 55.7 Å². The molecule has 0 atom stereocenters. The molecule has 0 bridgehead atoms. The first-order chi connectivity index (χ1) is 18.3. The number of carbonyl (C=O) groups is 1. The number of nitrogens with zero attached hydrogens (tertiary/aromatic N) is 2. The Balaban J connectivity index is 1.44. The second-order valence-electron chi connectivity index (χ2n) is 8.80. The summed E-state index contributed by atoms with van der Waals surface area (Å²) in [6.07, 6.45) is 0.560. The molecule has 1 amide bonds. The van der Waals surface area contributed by atoms with Crippen molar-refractivity contribution in [3.05, 3.63) is 73.2 Å². The first-order valence-corrected chi connectivity index (χ1v) is 12.8. The first-order valence-electron chi connectivity index (χ1n) is 12.0. The van der Waals surface area contributed by atoms with Gasteiger partial charge in [0.1, 0.15) is 11.4 Å². The van der Waals surface area contributed by atoms with Crippen LogP contribution in [0.5, 0.6) is 23.0 Å². The Morgan fingerprint density at radius 3 is 2.55 bits per heavy atom. The number of rotatable bonds is 8. The summed E-state index contributed by atoms with van der Waals surface area (Å²) in [6.45, 7) is 3.94. The molecule has 0 radical (unpaired) electrons. The lowest BCUT2D eigenvalue weighted by molar-refractivity contribution is -0.121. The Morgan fingerprint density at radius 2 is 1.79 bits per heavy atom. The van der Waals surface area contributed by atoms with Crippen molar-refractivity contribution < 1.29 is 23.7 Å². The number of amides is 1. The van der Waals surface area contributed by atoms with Gasteiger partial charge in [0.05, 0.1) is 25.3 Å². The molecule has 0 aliphatic carbocycles. The second kappa shape index (κ2) is 10.3. The minimum Gasteiger partial charge on any atom is -0.493 e. The lowest BCUT2D eigenvalue weighted by Crippen LogP contribution is -2.41. The predicted molar refractivity (Wildman–Crippen MR) is 144 cm³/mol. The third-order valence-electron chi connectivity index (χ3n) is 6.55. The number of benzene rings is 2. The van der Waals surface area contributed by atoms with E-state index in [-0.39, 0.29) is 19.2 Å². The molecule has 3 heterocycles. The minimum atomic E-state index is -0.599. The summed E-state index contributed by atoms with van der Waals surface area (Å²) in [7, 11) is 3.14. The maximum absolute atomic E-state index is 13.6. The lowest BCUT2D eigenvalue weighted by Gasteiger charge is -2.13. The molecule has 0 spiro atoms. The predicted octanol–water partition coefficient (Wildman–Crippen LogP) is 2.94. The van der Waals surface area contributed by atoms with Crippen LogP contribution in [-0.4, -0.2) is 42.6 Å². The lowest BCUT2D eigenvalue weighted by atomic mass is 10.1. The van der Waals surface area contributed by atoms with Crippen molar-refractivity contribution in [1.82, 2.24) is 14.5 Å². The summed E-state index contributed by atoms with van der Waals surface area (Å²) in [5.41, 5.74) is 1.06. The molecule has 11 heteroatoms. The van der Waals surface area contributed by atoms with Crippen molar-refractivity contribution in [2.24, 2.45) is 0 Å². The van der Waals surface area contributed by atoms with Crippen LogP contribution in [0, 0.1) is 13.8 Å². The van der Waals surface area contributed by atoms with Crippen molar-refractivity contribution in [1.29, 1.82) is 0 Å². The zero-order chi connectivity index (χ0) is 27.0. The molecule has 1 N–H and O–H groups in total. The van der Waals surface area contributed by atoms with Gasteiger partial charge >= 0.3 is 5.69 Å². The van der Waals surface area contributed by atoms with E-state index in [1.165, 1.54) is 15.9 Å². The first kappa shape index (κ1) is 25.4. The topological polar surface area (TPSA) is 110 Å². The van der Waals surface area contributed by atoms with Gasteiger partial charge in [-0.1, -0.05) is 6.07 Å². The van der Waals surface area contributed by atoms with Crippen molar-refractivity contribution in [2.75, 3.05) is 27.6 Å². The molecule has 198 valence electrons. The van der Waals surface area contributed by atoms with Crippen LogP contribution < -0.4 is 35.5 Å². The summed E-state index contributed by atoms with van der Waals surface area (Å²) < 4.78 is 23.8. The van der Waals surface area contributed by atoms with E-state index in [4.69, 9.17) is 18.9 Å². The van der Waals surface area contributed by atoms with E-state index in [9.17, 15) is 14.4 Å². The summed E-state index contributed by atoms with van der Waals surface area (Å²) >= 11 is 1.33. The number of hydrogen-bond acceptors (Lipinski definition) is 8.